The number of carbonyl (C=O) groups excluding carboxylic acids is 1. The van der Waals surface area contributed by atoms with Crippen molar-refractivity contribution in [3.05, 3.63) is 11.5 Å². The van der Waals surface area contributed by atoms with Crippen LogP contribution in [-0.2, 0) is 14.8 Å². The number of nitrogens with two attached hydrogens (primary N) is 1. The fourth-order valence-corrected chi connectivity index (χ4v) is 0.789. The van der Waals surface area contributed by atoms with Crippen molar-refractivity contribution >= 4 is 15.9 Å². The highest BCUT2D eigenvalue weighted by atomic mass is 32.2. The number of amides is 1. The molecule has 70 valence electrons. The first-order chi connectivity index (χ1) is 5.25. The molecule has 0 fully saturated rings. The van der Waals surface area contributed by atoms with Gasteiger partial charge in [0, 0.05) is 6.04 Å². The van der Waals surface area contributed by atoms with Crippen LogP contribution in [0.15, 0.2) is 11.5 Å². The third-order valence-corrected chi connectivity index (χ3v) is 1.89. The van der Waals surface area contributed by atoms with Gasteiger partial charge in [0.1, 0.15) is 4.91 Å². The molecule has 5 nitrogen and oxygen atoms in total. The maximum atomic E-state index is 10.9. The second-order valence-corrected chi connectivity index (χ2v) is 4.18. The van der Waals surface area contributed by atoms with Crippen LogP contribution in [0.4, 0.5) is 0 Å². The van der Waals surface area contributed by atoms with Gasteiger partial charge in [0.05, 0.1) is 0 Å². The van der Waals surface area contributed by atoms with Crippen LogP contribution in [0.2, 0.25) is 0 Å². The van der Waals surface area contributed by atoms with Crippen LogP contribution in [0.1, 0.15) is 13.8 Å². The van der Waals surface area contributed by atoms with E-state index in [0.717, 1.165) is 0 Å². The van der Waals surface area contributed by atoms with Crippen molar-refractivity contribution in [2.45, 2.75) is 19.9 Å². The third-order valence-electron chi connectivity index (χ3n) is 1.02. The summed E-state index contributed by atoms with van der Waals surface area (Å²) in [5, 5.41) is 7.02. The topological polar surface area (TPSA) is 89.3 Å². The highest BCUT2D eigenvalue weighted by Gasteiger charge is 2.18. The minimum atomic E-state index is -3.95. The summed E-state index contributed by atoms with van der Waals surface area (Å²) in [7, 11) is -3.95. The summed E-state index contributed by atoms with van der Waals surface area (Å²) in [5.74, 6) is -0.757. The van der Waals surface area contributed by atoms with Crippen molar-refractivity contribution in [3.8, 4) is 0 Å². The highest BCUT2D eigenvalue weighted by molar-refractivity contribution is 7.94. The van der Waals surface area contributed by atoms with Gasteiger partial charge in [0.15, 0.2) is 0 Å². The first-order valence-corrected chi connectivity index (χ1v) is 4.82. The number of primary sulfonamides is 1. The van der Waals surface area contributed by atoms with E-state index in [1.54, 1.807) is 13.8 Å². The normalized spacial score (nSPS) is 11.3. The molecule has 0 atom stereocenters. The first-order valence-electron chi connectivity index (χ1n) is 3.27. The zero-order valence-electron chi connectivity index (χ0n) is 6.99. The number of carbonyl (C=O) groups is 1. The Kier molecular flexibility index (Phi) is 3.41. The monoisotopic (exact) mass is 192 g/mol. The van der Waals surface area contributed by atoms with Gasteiger partial charge in [-0.05, 0) is 13.8 Å². The first kappa shape index (κ1) is 11.1. The second-order valence-electron chi connectivity index (χ2n) is 2.60. The van der Waals surface area contributed by atoms with Crippen molar-refractivity contribution in [3.63, 3.8) is 0 Å². The Bertz CT molecular complexity index is 292. The van der Waals surface area contributed by atoms with E-state index in [1.165, 1.54) is 0 Å². The lowest BCUT2D eigenvalue weighted by Gasteiger charge is -2.08. The SMILES string of the molecule is C=C(C(=O)NC(C)C)S(N)(=O)=O. The van der Waals surface area contributed by atoms with E-state index in [0.29, 0.717) is 0 Å². The van der Waals surface area contributed by atoms with Crippen LogP contribution in [0, 0.1) is 0 Å². The van der Waals surface area contributed by atoms with Gasteiger partial charge in [-0.1, -0.05) is 6.58 Å². The highest BCUT2D eigenvalue weighted by Crippen LogP contribution is 1.97. The van der Waals surface area contributed by atoms with E-state index < -0.39 is 20.8 Å². The van der Waals surface area contributed by atoms with Gasteiger partial charge in [-0.3, -0.25) is 4.79 Å². The predicted octanol–water partition coefficient (Wildman–Crippen LogP) is -0.687. The third kappa shape index (κ3) is 3.49. The molecule has 0 saturated heterocycles. The van der Waals surface area contributed by atoms with Crippen molar-refractivity contribution in [1.82, 2.24) is 5.32 Å². The lowest BCUT2D eigenvalue weighted by atomic mass is 10.4. The quantitative estimate of drug-likeness (QED) is 0.580. The summed E-state index contributed by atoms with van der Waals surface area (Å²) >= 11 is 0. The van der Waals surface area contributed by atoms with E-state index in [1.807, 2.05) is 0 Å². The number of nitrogens with one attached hydrogen (secondary N) is 1. The Hall–Kier alpha value is -0.880. The van der Waals surface area contributed by atoms with Gasteiger partial charge in [-0.15, -0.1) is 0 Å². The molecule has 0 aromatic carbocycles. The molecule has 0 aromatic heterocycles. The fourth-order valence-electron chi connectivity index (χ4n) is 0.472. The molecule has 3 N–H and O–H groups in total. The molecule has 0 spiro atoms. The van der Waals surface area contributed by atoms with E-state index in [4.69, 9.17) is 0 Å². The van der Waals surface area contributed by atoms with Crippen molar-refractivity contribution in [1.29, 1.82) is 0 Å². The summed E-state index contributed by atoms with van der Waals surface area (Å²) in [6.07, 6.45) is 0. The molecule has 0 radical (unpaired) electrons. The molecule has 0 aliphatic heterocycles. The van der Waals surface area contributed by atoms with E-state index >= 15 is 0 Å². The van der Waals surface area contributed by atoms with Gasteiger partial charge < -0.3 is 5.32 Å². The molecular formula is C6H12N2O3S. The molecule has 0 rings (SSSR count). The van der Waals surface area contributed by atoms with Crippen molar-refractivity contribution in [2.75, 3.05) is 0 Å². The Morgan fingerprint density at radius 2 is 1.92 bits per heavy atom. The maximum absolute atomic E-state index is 10.9. The Balaban J connectivity index is 4.44. The summed E-state index contributed by atoms with van der Waals surface area (Å²) < 4.78 is 21.1. The van der Waals surface area contributed by atoms with Gasteiger partial charge in [-0.25, -0.2) is 13.6 Å². The summed E-state index contributed by atoms with van der Waals surface area (Å²) in [4.78, 5) is 10.3. The number of hydrogen-bond acceptors (Lipinski definition) is 3. The summed E-state index contributed by atoms with van der Waals surface area (Å²) in [6.45, 7) is 6.46. The van der Waals surface area contributed by atoms with Crippen LogP contribution in [0.3, 0.4) is 0 Å². The van der Waals surface area contributed by atoms with Crippen molar-refractivity contribution in [2.24, 2.45) is 5.14 Å². The molecule has 0 bridgehead atoms. The van der Waals surface area contributed by atoms with Crippen LogP contribution in [-0.4, -0.2) is 20.4 Å². The van der Waals surface area contributed by atoms with Gasteiger partial charge >= 0.3 is 0 Å². The summed E-state index contributed by atoms with van der Waals surface area (Å²) in [6, 6.07) is -0.143. The number of rotatable bonds is 3. The average molecular weight is 192 g/mol. The van der Waals surface area contributed by atoms with Gasteiger partial charge in [0.2, 0.25) is 10.0 Å². The Morgan fingerprint density at radius 3 is 2.17 bits per heavy atom. The van der Waals surface area contributed by atoms with E-state index in [-0.39, 0.29) is 6.04 Å². The molecular weight excluding hydrogens is 180 g/mol. The lowest BCUT2D eigenvalue weighted by Crippen LogP contribution is -2.35. The molecule has 0 aromatic rings. The molecule has 0 aliphatic rings. The Morgan fingerprint density at radius 1 is 1.50 bits per heavy atom. The maximum Gasteiger partial charge on any atom is 0.263 e. The molecule has 12 heavy (non-hydrogen) atoms. The van der Waals surface area contributed by atoms with Crippen LogP contribution < -0.4 is 10.5 Å². The average Bonchev–Trinajstić information content (AvgIpc) is 1.82. The van der Waals surface area contributed by atoms with Gasteiger partial charge in [0.25, 0.3) is 5.91 Å². The largest absolute Gasteiger partial charge is 0.349 e. The minimum absolute atomic E-state index is 0.143. The zero-order chi connectivity index (χ0) is 9.94. The predicted molar refractivity (Wildman–Crippen MR) is 45.5 cm³/mol. The molecule has 0 aliphatic carbocycles. The lowest BCUT2D eigenvalue weighted by molar-refractivity contribution is -0.117. The van der Waals surface area contributed by atoms with E-state index in [2.05, 4.69) is 17.0 Å². The van der Waals surface area contributed by atoms with Crippen LogP contribution in [0.5, 0.6) is 0 Å². The van der Waals surface area contributed by atoms with E-state index in [9.17, 15) is 13.2 Å². The second kappa shape index (κ2) is 3.68. The molecule has 0 heterocycles. The molecule has 6 heteroatoms. The minimum Gasteiger partial charge on any atom is -0.349 e. The molecule has 0 unspecified atom stereocenters. The summed E-state index contributed by atoms with van der Waals surface area (Å²) in [5.41, 5.74) is 0. The molecule has 1 amide bonds. The fraction of sp³-hybridized carbons (Fsp3) is 0.500. The number of sulfonamides is 1. The van der Waals surface area contributed by atoms with Crippen LogP contribution >= 0.6 is 0 Å². The zero-order valence-corrected chi connectivity index (χ0v) is 7.81. The smallest absolute Gasteiger partial charge is 0.263 e. The standard InChI is InChI=1S/C6H12N2O3S/c1-4(2)8-6(9)5(3)12(7,10)11/h4H,3H2,1-2H3,(H,8,9)(H2,7,10,11). The van der Waals surface area contributed by atoms with Crippen LogP contribution in [0.25, 0.3) is 0 Å². The van der Waals surface area contributed by atoms with Crippen molar-refractivity contribution < 1.29 is 13.2 Å². The molecule has 0 saturated carbocycles. The number of hydrogen-bond donors (Lipinski definition) is 2. The Labute approximate surface area is 71.7 Å². The van der Waals surface area contributed by atoms with Gasteiger partial charge in [-0.2, -0.15) is 0 Å².